The normalized spacial score (nSPS) is 14.4. The number of nitriles is 1. The summed E-state index contributed by atoms with van der Waals surface area (Å²) in [4.78, 5) is 4.25. The summed E-state index contributed by atoms with van der Waals surface area (Å²) in [6.45, 7) is 9.65. The van der Waals surface area contributed by atoms with Gasteiger partial charge in [-0.3, -0.25) is 5.32 Å². The van der Waals surface area contributed by atoms with Crippen LogP contribution in [0.4, 0.5) is 0 Å². The van der Waals surface area contributed by atoms with Gasteiger partial charge in [0.25, 0.3) is 0 Å². The first-order valence-electron chi connectivity index (χ1n) is 5.67. The maximum absolute atomic E-state index is 9.13. The molecule has 0 bridgehead atoms. The summed E-state index contributed by atoms with van der Waals surface area (Å²) in [5, 5.41) is 12.3. The number of nitrogens with zero attached hydrogens (tertiary/aromatic N) is 3. The van der Waals surface area contributed by atoms with Crippen LogP contribution in [0.2, 0.25) is 0 Å². The fourth-order valence-electron chi connectivity index (χ4n) is 1.69. The Morgan fingerprint density at radius 2 is 2.25 bits per heavy atom. The van der Waals surface area contributed by atoms with E-state index in [4.69, 9.17) is 5.26 Å². The van der Waals surface area contributed by atoms with Crippen LogP contribution < -0.4 is 5.32 Å². The predicted octanol–water partition coefficient (Wildman–Crippen LogP) is 1.78. The van der Waals surface area contributed by atoms with Gasteiger partial charge in [-0.25, -0.2) is 4.98 Å². The zero-order chi connectivity index (χ0) is 12.2. The van der Waals surface area contributed by atoms with Gasteiger partial charge in [-0.1, -0.05) is 6.92 Å². The van der Waals surface area contributed by atoms with Crippen molar-refractivity contribution < 1.29 is 0 Å². The molecular weight excluding hydrogens is 200 g/mol. The quantitative estimate of drug-likeness (QED) is 0.823. The molecule has 1 atom stereocenters. The molecule has 88 valence electrons. The highest BCUT2D eigenvalue weighted by molar-refractivity contribution is 5.09. The number of imidazole rings is 1. The molecule has 1 aromatic rings. The van der Waals surface area contributed by atoms with E-state index in [0.717, 1.165) is 25.2 Å². The van der Waals surface area contributed by atoms with Crippen molar-refractivity contribution in [1.29, 1.82) is 5.26 Å². The molecule has 0 saturated heterocycles. The van der Waals surface area contributed by atoms with Crippen molar-refractivity contribution in [2.75, 3.05) is 6.54 Å². The van der Waals surface area contributed by atoms with Gasteiger partial charge in [0.15, 0.2) is 0 Å². The van der Waals surface area contributed by atoms with Gasteiger partial charge in [0.1, 0.15) is 5.54 Å². The molecule has 1 aromatic heterocycles. The lowest BCUT2D eigenvalue weighted by Gasteiger charge is -2.22. The van der Waals surface area contributed by atoms with Crippen LogP contribution in [0, 0.1) is 25.2 Å². The van der Waals surface area contributed by atoms with E-state index in [9.17, 15) is 0 Å². The summed E-state index contributed by atoms with van der Waals surface area (Å²) in [6.07, 6.45) is 2.63. The van der Waals surface area contributed by atoms with Crippen LogP contribution in [0.5, 0.6) is 0 Å². The molecule has 1 heterocycles. The minimum atomic E-state index is -0.445. The average Bonchev–Trinajstić information content (AvgIpc) is 2.58. The zero-order valence-electron chi connectivity index (χ0n) is 10.5. The molecule has 0 amide bonds. The van der Waals surface area contributed by atoms with Gasteiger partial charge in [0.05, 0.1) is 18.1 Å². The maximum Gasteiger partial charge on any atom is 0.105 e. The molecule has 0 saturated carbocycles. The fraction of sp³-hybridized carbons (Fsp3) is 0.667. The lowest BCUT2D eigenvalue weighted by molar-refractivity contribution is 0.399. The number of nitrogens with one attached hydrogen (secondary N) is 1. The first kappa shape index (κ1) is 12.7. The summed E-state index contributed by atoms with van der Waals surface area (Å²) >= 11 is 0. The summed E-state index contributed by atoms with van der Waals surface area (Å²) in [6, 6.07) is 2.33. The van der Waals surface area contributed by atoms with Crippen molar-refractivity contribution >= 4 is 0 Å². The largest absolute Gasteiger partial charge is 0.335 e. The molecule has 0 fully saturated rings. The van der Waals surface area contributed by atoms with Gasteiger partial charge < -0.3 is 4.57 Å². The maximum atomic E-state index is 9.13. The highest BCUT2D eigenvalue weighted by Gasteiger charge is 2.22. The topological polar surface area (TPSA) is 53.6 Å². The number of aryl methyl sites for hydroxylation is 2. The first-order valence-corrected chi connectivity index (χ1v) is 5.67. The van der Waals surface area contributed by atoms with E-state index in [0.29, 0.717) is 0 Å². The van der Waals surface area contributed by atoms with E-state index in [1.807, 2.05) is 27.1 Å². The second-order valence-electron chi connectivity index (χ2n) is 4.33. The van der Waals surface area contributed by atoms with Gasteiger partial charge in [-0.05, 0) is 33.7 Å². The zero-order valence-corrected chi connectivity index (χ0v) is 10.5. The SMILES string of the molecule is CCNC(C)(C#N)CCn1cnc(C)c1C. The second kappa shape index (κ2) is 5.13. The third-order valence-electron chi connectivity index (χ3n) is 3.01. The van der Waals surface area contributed by atoms with Gasteiger partial charge in [0.2, 0.25) is 0 Å². The lowest BCUT2D eigenvalue weighted by atomic mass is 10.00. The Bertz CT molecular complexity index is 388. The van der Waals surface area contributed by atoms with E-state index >= 15 is 0 Å². The van der Waals surface area contributed by atoms with Crippen LogP contribution in [-0.4, -0.2) is 21.6 Å². The second-order valence-corrected chi connectivity index (χ2v) is 4.33. The van der Waals surface area contributed by atoms with Crippen molar-refractivity contribution in [3.63, 3.8) is 0 Å². The third-order valence-corrected chi connectivity index (χ3v) is 3.01. The van der Waals surface area contributed by atoms with Crippen molar-refractivity contribution in [2.45, 2.75) is 46.2 Å². The molecule has 4 heteroatoms. The van der Waals surface area contributed by atoms with Crippen LogP contribution in [0.25, 0.3) is 0 Å². The number of hydrogen-bond donors (Lipinski definition) is 1. The first-order chi connectivity index (χ1) is 7.52. The van der Waals surface area contributed by atoms with Crippen molar-refractivity contribution in [3.05, 3.63) is 17.7 Å². The highest BCUT2D eigenvalue weighted by atomic mass is 15.1. The summed E-state index contributed by atoms with van der Waals surface area (Å²) in [5.74, 6) is 0. The Kier molecular flexibility index (Phi) is 4.08. The highest BCUT2D eigenvalue weighted by Crippen LogP contribution is 2.12. The van der Waals surface area contributed by atoms with Gasteiger partial charge in [-0.15, -0.1) is 0 Å². The molecule has 1 unspecified atom stereocenters. The molecule has 0 aliphatic heterocycles. The third kappa shape index (κ3) is 2.83. The van der Waals surface area contributed by atoms with E-state index in [-0.39, 0.29) is 0 Å². The minimum Gasteiger partial charge on any atom is -0.335 e. The van der Waals surface area contributed by atoms with Crippen LogP contribution in [0.1, 0.15) is 31.7 Å². The number of aromatic nitrogens is 2. The standard InChI is InChI=1S/C12H20N4/c1-5-15-12(4,8-13)6-7-16-9-14-10(2)11(16)3/h9,15H,5-7H2,1-4H3. The molecule has 0 aliphatic carbocycles. The lowest BCUT2D eigenvalue weighted by Crippen LogP contribution is -2.41. The van der Waals surface area contributed by atoms with Gasteiger partial charge >= 0.3 is 0 Å². The van der Waals surface area contributed by atoms with Gasteiger partial charge in [-0.2, -0.15) is 5.26 Å². The van der Waals surface area contributed by atoms with Gasteiger partial charge in [0, 0.05) is 12.2 Å². The van der Waals surface area contributed by atoms with E-state index in [1.165, 1.54) is 5.69 Å². The van der Waals surface area contributed by atoms with Crippen LogP contribution >= 0.6 is 0 Å². The predicted molar refractivity (Wildman–Crippen MR) is 64.0 cm³/mol. The molecule has 0 aromatic carbocycles. The Morgan fingerprint density at radius 1 is 1.56 bits per heavy atom. The molecule has 0 aliphatic rings. The van der Waals surface area contributed by atoms with Crippen LogP contribution in [-0.2, 0) is 6.54 Å². The molecule has 0 spiro atoms. The van der Waals surface area contributed by atoms with Crippen molar-refractivity contribution in [1.82, 2.24) is 14.9 Å². The summed E-state index contributed by atoms with van der Waals surface area (Å²) in [5.41, 5.74) is 1.79. The van der Waals surface area contributed by atoms with E-state index < -0.39 is 5.54 Å². The monoisotopic (exact) mass is 220 g/mol. The molecular formula is C12H20N4. The smallest absolute Gasteiger partial charge is 0.105 e. The van der Waals surface area contributed by atoms with E-state index in [2.05, 4.69) is 27.9 Å². The number of hydrogen-bond acceptors (Lipinski definition) is 3. The number of rotatable bonds is 5. The Hall–Kier alpha value is -1.34. The van der Waals surface area contributed by atoms with Crippen LogP contribution in [0.15, 0.2) is 6.33 Å². The van der Waals surface area contributed by atoms with Crippen LogP contribution in [0.3, 0.4) is 0 Å². The fourth-order valence-corrected chi connectivity index (χ4v) is 1.69. The molecule has 16 heavy (non-hydrogen) atoms. The Morgan fingerprint density at radius 3 is 2.69 bits per heavy atom. The summed E-state index contributed by atoms with van der Waals surface area (Å²) < 4.78 is 2.10. The van der Waals surface area contributed by atoms with Crippen molar-refractivity contribution in [2.24, 2.45) is 0 Å². The molecule has 4 nitrogen and oxygen atoms in total. The van der Waals surface area contributed by atoms with Crippen molar-refractivity contribution in [3.8, 4) is 6.07 Å². The Labute approximate surface area is 97.3 Å². The Balaban J connectivity index is 2.64. The molecule has 1 N–H and O–H groups in total. The summed E-state index contributed by atoms with van der Waals surface area (Å²) in [7, 11) is 0. The average molecular weight is 220 g/mol. The minimum absolute atomic E-state index is 0.445. The van der Waals surface area contributed by atoms with E-state index in [1.54, 1.807) is 0 Å². The molecule has 0 radical (unpaired) electrons. The molecule has 1 rings (SSSR count).